The molecule has 1 N–H and O–H groups in total. The summed E-state index contributed by atoms with van der Waals surface area (Å²) in [5, 5.41) is 2.41. The van der Waals surface area contributed by atoms with Crippen LogP contribution >= 0.6 is 15.9 Å². The number of halogens is 3. The number of nitrogens with zero attached hydrogens (tertiary/aromatic N) is 1. The predicted octanol–water partition coefficient (Wildman–Crippen LogP) is 2.92. The molecular formula is C18H17BrF2N2O4. The average molecular weight is 443 g/mol. The van der Waals surface area contributed by atoms with E-state index in [9.17, 15) is 23.2 Å². The second kappa shape index (κ2) is 7.03. The average Bonchev–Trinajstić information content (AvgIpc) is 2.81. The Morgan fingerprint density at radius 2 is 1.89 bits per heavy atom. The van der Waals surface area contributed by atoms with Crippen molar-refractivity contribution in [1.29, 1.82) is 0 Å². The monoisotopic (exact) mass is 442 g/mol. The van der Waals surface area contributed by atoms with Gasteiger partial charge in [-0.05, 0) is 28.9 Å². The molecule has 2 aliphatic heterocycles. The predicted molar refractivity (Wildman–Crippen MR) is 95.7 cm³/mol. The number of piperidine rings is 1. The first-order chi connectivity index (χ1) is 12.6. The van der Waals surface area contributed by atoms with Crippen LogP contribution in [-0.2, 0) is 19.1 Å². The second-order valence-corrected chi connectivity index (χ2v) is 7.44. The number of esters is 1. The molecule has 3 rings (SSSR count). The number of hydrogen-bond donors (Lipinski definition) is 1. The van der Waals surface area contributed by atoms with Gasteiger partial charge in [0.25, 0.3) is 5.91 Å². The molecule has 2 heterocycles. The van der Waals surface area contributed by atoms with E-state index in [0.29, 0.717) is 19.2 Å². The third-order valence-corrected chi connectivity index (χ3v) is 5.54. The van der Waals surface area contributed by atoms with Gasteiger partial charge in [0.2, 0.25) is 5.91 Å². The van der Waals surface area contributed by atoms with E-state index in [0.717, 1.165) is 6.07 Å². The quantitative estimate of drug-likeness (QED) is 0.714. The van der Waals surface area contributed by atoms with Crippen LogP contribution in [0.5, 0.6) is 0 Å². The van der Waals surface area contributed by atoms with Crippen LogP contribution in [0.1, 0.15) is 26.7 Å². The molecule has 0 unspecified atom stereocenters. The third-order valence-electron chi connectivity index (χ3n) is 4.91. The van der Waals surface area contributed by atoms with Gasteiger partial charge in [0.1, 0.15) is 11.4 Å². The fraction of sp³-hybridized carbons (Fsp3) is 0.389. The number of ether oxygens (including phenoxy) is 1. The third kappa shape index (κ3) is 3.47. The van der Waals surface area contributed by atoms with Crippen molar-refractivity contribution in [3.63, 3.8) is 0 Å². The minimum atomic E-state index is -1.15. The van der Waals surface area contributed by atoms with Crippen LogP contribution in [0.25, 0.3) is 0 Å². The van der Waals surface area contributed by atoms with Crippen molar-refractivity contribution >= 4 is 39.4 Å². The number of likely N-dealkylation sites (tertiary alicyclic amines) is 1. The molecular weight excluding hydrogens is 426 g/mol. The smallest absolute Gasteiger partial charge is 0.335 e. The lowest BCUT2D eigenvalue weighted by Gasteiger charge is -2.39. The molecule has 0 bridgehead atoms. The Balaban J connectivity index is 1.90. The standard InChI is InChI=1S/C18H17BrF2N2O4/c1-9-14(16(25)22-15-12(19)7-11(20)8-13(15)21)18(27-17(9)26)3-5-23(6-4-18)10(2)24/h7-8H,3-6H2,1-2H3,(H,22,25). The Hall–Kier alpha value is -2.29. The van der Waals surface area contributed by atoms with Crippen LogP contribution < -0.4 is 5.32 Å². The molecule has 1 aromatic carbocycles. The maximum atomic E-state index is 14.1. The van der Waals surface area contributed by atoms with Crippen molar-refractivity contribution < 1.29 is 27.9 Å². The summed E-state index contributed by atoms with van der Waals surface area (Å²) in [7, 11) is 0. The van der Waals surface area contributed by atoms with E-state index in [2.05, 4.69) is 21.2 Å². The Labute approximate surface area is 162 Å². The molecule has 9 heteroatoms. The molecule has 0 aromatic heterocycles. The van der Waals surface area contributed by atoms with E-state index < -0.39 is 29.1 Å². The van der Waals surface area contributed by atoms with Crippen molar-refractivity contribution in [3.8, 4) is 0 Å². The largest absolute Gasteiger partial charge is 0.450 e. The lowest BCUT2D eigenvalue weighted by molar-refractivity contribution is -0.152. The SMILES string of the molecule is CC(=O)N1CCC2(CC1)OC(=O)C(C)=C2C(=O)Nc1c(F)cc(F)cc1Br. The van der Waals surface area contributed by atoms with Crippen LogP contribution in [0.2, 0.25) is 0 Å². The summed E-state index contributed by atoms with van der Waals surface area (Å²) in [6, 6.07) is 1.68. The summed E-state index contributed by atoms with van der Waals surface area (Å²) in [5.41, 5.74) is -1.12. The second-order valence-electron chi connectivity index (χ2n) is 6.59. The van der Waals surface area contributed by atoms with E-state index in [1.165, 1.54) is 13.8 Å². The van der Waals surface area contributed by atoms with E-state index in [4.69, 9.17) is 4.74 Å². The zero-order valence-electron chi connectivity index (χ0n) is 14.7. The number of anilines is 1. The number of carbonyl (C=O) groups is 3. The number of hydrogen-bond acceptors (Lipinski definition) is 4. The van der Waals surface area contributed by atoms with Gasteiger partial charge in [-0.2, -0.15) is 0 Å². The van der Waals surface area contributed by atoms with Crippen LogP contribution in [0, 0.1) is 11.6 Å². The molecule has 0 saturated carbocycles. The minimum Gasteiger partial charge on any atom is -0.450 e. The Morgan fingerprint density at radius 1 is 1.26 bits per heavy atom. The number of amides is 2. The van der Waals surface area contributed by atoms with Crippen LogP contribution in [0.4, 0.5) is 14.5 Å². The summed E-state index contributed by atoms with van der Waals surface area (Å²) in [6.45, 7) is 3.59. The molecule has 27 heavy (non-hydrogen) atoms. The molecule has 1 aromatic rings. The van der Waals surface area contributed by atoms with Crippen molar-refractivity contribution in [1.82, 2.24) is 4.90 Å². The van der Waals surface area contributed by atoms with Crippen molar-refractivity contribution in [3.05, 3.63) is 39.4 Å². The molecule has 6 nitrogen and oxygen atoms in total. The fourth-order valence-electron chi connectivity index (χ4n) is 3.50. The molecule has 1 fully saturated rings. The van der Waals surface area contributed by atoms with E-state index >= 15 is 0 Å². The van der Waals surface area contributed by atoms with Crippen molar-refractivity contribution in [2.45, 2.75) is 32.3 Å². The fourth-order valence-corrected chi connectivity index (χ4v) is 4.01. The summed E-state index contributed by atoms with van der Waals surface area (Å²) in [6.07, 6.45) is 0.539. The number of benzene rings is 1. The van der Waals surface area contributed by atoms with Crippen molar-refractivity contribution in [2.75, 3.05) is 18.4 Å². The van der Waals surface area contributed by atoms with Crippen LogP contribution in [0.3, 0.4) is 0 Å². The van der Waals surface area contributed by atoms with Gasteiger partial charge < -0.3 is 15.0 Å². The summed E-state index contributed by atoms with van der Waals surface area (Å²) >= 11 is 3.02. The van der Waals surface area contributed by atoms with Gasteiger partial charge in [-0.3, -0.25) is 9.59 Å². The number of rotatable bonds is 2. The number of carbonyl (C=O) groups excluding carboxylic acids is 3. The zero-order valence-corrected chi connectivity index (χ0v) is 16.3. The lowest BCUT2D eigenvalue weighted by Crippen LogP contribution is -2.49. The molecule has 0 radical (unpaired) electrons. The molecule has 144 valence electrons. The maximum Gasteiger partial charge on any atom is 0.335 e. The molecule has 0 aliphatic carbocycles. The topological polar surface area (TPSA) is 75.7 Å². The highest BCUT2D eigenvalue weighted by Crippen LogP contribution is 2.42. The highest BCUT2D eigenvalue weighted by Gasteiger charge is 2.51. The van der Waals surface area contributed by atoms with Gasteiger partial charge in [-0.15, -0.1) is 0 Å². The molecule has 1 spiro atoms. The van der Waals surface area contributed by atoms with Gasteiger partial charge in [0.15, 0.2) is 5.82 Å². The maximum absolute atomic E-state index is 14.1. The van der Waals surface area contributed by atoms with Gasteiger partial charge in [-0.1, -0.05) is 0 Å². The van der Waals surface area contributed by atoms with Crippen molar-refractivity contribution in [2.24, 2.45) is 0 Å². The lowest BCUT2D eigenvalue weighted by atomic mass is 9.82. The van der Waals surface area contributed by atoms with Crippen LogP contribution in [-0.4, -0.2) is 41.4 Å². The Kier molecular flexibility index (Phi) is 5.07. The van der Waals surface area contributed by atoms with E-state index in [1.54, 1.807) is 4.90 Å². The van der Waals surface area contributed by atoms with Crippen LogP contribution in [0.15, 0.2) is 27.8 Å². The first-order valence-electron chi connectivity index (χ1n) is 8.31. The summed E-state index contributed by atoms with van der Waals surface area (Å²) in [4.78, 5) is 38.2. The molecule has 2 amide bonds. The summed E-state index contributed by atoms with van der Waals surface area (Å²) < 4.78 is 32.9. The highest BCUT2D eigenvalue weighted by molar-refractivity contribution is 9.10. The molecule has 2 aliphatic rings. The number of nitrogens with one attached hydrogen (secondary N) is 1. The van der Waals surface area contributed by atoms with Gasteiger partial charge in [0.05, 0.1) is 11.3 Å². The Bertz CT molecular complexity index is 853. The first-order valence-corrected chi connectivity index (χ1v) is 9.10. The van der Waals surface area contributed by atoms with Gasteiger partial charge >= 0.3 is 5.97 Å². The summed E-state index contributed by atoms with van der Waals surface area (Å²) in [5.74, 6) is -3.14. The first kappa shape index (κ1) is 19.5. The van der Waals surface area contributed by atoms with Gasteiger partial charge in [-0.25, -0.2) is 13.6 Å². The normalized spacial score (nSPS) is 18.7. The minimum absolute atomic E-state index is 0.0392. The highest BCUT2D eigenvalue weighted by atomic mass is 79.9. The molecule has 1 saturated heterocycles. The van der Waals surface area contributed by atoms with E-state index in [1.807, 2.05) is 0 Å². The van der Waals surface area contributed by atoms with E-state index in [-0.39, 0.29) is 40.1 Å². The zero-order chi connectivity index (χ0) is 19.9. The molecule has 0 atom stereocenters. The Morgan fingerprint density at radius 3 is 2.44 bits per heavy atom. The van der Waals surface area contributed by atoms with Gasteiger partial charge in [0, 0.05) is 49.0 Å².